The Balaban J connectivity index is 1.50. The standard InChI is InChI=1S/C23H21N3O4S/c1-3-29-16-9-10-17-21(11-16)31-23(24-17)25-22(28)18-12-19(27)20(13-26(18)2)30-14-15-7-5-4-6-8-15/h4-13H,3,14H2,1-2H3,(H,24,25,28). The van der Waals surface area contributed by atoms with Crippen LogP contribution in [-0.2, 0) is 13.7 Å². The molecule has 0 aliphatic heterocycles. The van der Waals surface area contributed by atoms with Gasteiger partial charge in [-0.05, 0) is 30.7 Å². The average Bonchev–Trinajstić information content (AvgIpc) is 3.16. The van der Waals surface area contributed by atoms with Gasteiger partial charge in [0.2, 0.25) is 5.43 Å². The van der Waals surface area contributed by atoms with Crippen LogP contribution in [0.4, 0.5) is 5.13 Å². The molecule has 8 heteroatoms. The third-order valence-electron chi connectivity index (χ3n) is 4.56. The van der Waals surface area contributed by atoms with Crippen LogP contribution < -0.4 is 20.2 Å². The van der Waals surface area contributed by atoms with Crippen molar-refractivity contribution in [2.45, 2.75) is 13.5 Å². The summed E-state index contributed by atoms with van der Waals surface area (Å²) in [5.41, 5.74) is 1.58. The van der Waals surface area contributed by atoms with Gasteiger partial charge in [0.05, 0.1) is 23.0 Å². The number of pyridine rings is 1. The zero-order chi connectivity index (χ0) is 21.8. The van der Waals surface area contributed by atoms with E-state index in [-0.39, 0.29) is 23.5 Å². The molecule has 0 atom stereocenters. The summed E-state index contributed by atoms with van der Waals surface area (Å²) in [6, 6.07) is 16.4. The molecular weight excluding hydrogens is 414 g/mol. The highest BCUT2D eigenvalue weighted by Crippen LogP contribution is 2.29. The van der Waals surface area contributed by atoms with Crippen molar-refractivity contribution in [3.8, 4) is 11.5 Å². The minimum absolute atomic E-state index is 0.186. The third kappa shape index (κ3) is 4.75. The van der Waals surface area contributed by atoms with E-state index in [1.807, 2.05) is 55.5 Å². The van der Waals surface area contributed by atoms with E-state index in [9.17, 15) is 9.59 Å². The van der Waals surface area contributed by atoms with Crippen molar-refractivity contribution in [3.05, 3.63) is 82.3 Å². The number of aryl methyl sites for hydroxylation is 1. The van der Waals surface area contributed by atoms with Crippen molar-refractivity contribution in [1.82, 2.24) is 9.55 Å². The monoisotopic (exact) mass is 435 g/mol. The molecule has 158 valence electrons. The number of hydrogen-bond donors (Lipinski definition) is 1. The molecule has 0 bridgehead atoms. The number of nitrogens with one attached hydrogen (secondary N) is 1. The first-order chi connectivity index (χ1) is 15.0. The number of amides is 1. The van der Waals surface area contributed by atoms with Gasteiger partial charge in [0, 0.05) is 13.1 Å². The van der Waals surface area contributed by atoms with Gasteiger partial charge in [-0.3, -0.25) is 14.9 Å². The van der Waals surface area contributed by atoms with Crippen molar-refractivity contribution >= 4 is 32.6 Å². The Morgan fingerprint density at radius 2 is 1.94 bits per heavy atom. The summed E-state index contributed by atoms with van der Waals surface area (Å²) in [6.45, 7) is 2.77. The second kappa shape index (κ2) is 9.01. The largest absolute Gasteiger partial charge is 0.494 e. The average molecular weight is 436 g/mol. The Labute approximate surface area is 182 Å². The fourth-order valence-electron chi connectivity index (χ4n) is 3.05. The Morgan fingerprint density at radius 1 is 1.13 bits per heavy atom. The summed E-state index contributed by atoms with van der Waals surface area (Å²) >= 11 is 1.34. The van der Waals surface area contributed by atoms with E-state index in [1.165, 1.54) is 23.6 Å². The molecule has 31 heavy (non-hydrogen) atoms. The highest BCUT2D eigenvalue weighted by atomic mass is 32.1. The number of benzene rings is 2. The van der Waals surface area contributed by atoms with E-state index in [0.29, 0.717) is 11.7 Å². The highest BCUT2D eigenvalue weighted by molar-refractivity contribution is 7.22. The lowest BCUT2D eigenvalue weighted by Gasteiger charge is -2.11. The quantitative estimate of drug-likeness (QED) is 0.470. The van der Waals surface area contributed by atoms with Crippen LogP contribution >= 0.6 is 11.3 Å². The first kappa shape index (κ1) is 20.6. The van der Waals surface area contributed by atoms with Gasteiger partial charge in [-0.15, -0.1) is 0 Å². The Kier molecular flexibility index (Phi) is 5.99. The van der Waals surface area contributed by atoms with E-state index in [1.54, 1.807) is 11.6 Å². The molecule has 0 aliphatic rings. The normalized spacial score (nSPS) is 10.8. The molecule has 0 unspecified atom stereocenters. The molecule has 0 spiro atoms. The first-order valence-electron chi connectivity index (χ1n) is 9.75. The Bertz CT molecular complexity index is 1280. The Morgan fingerprint density at radius 3 is 2.71 bits per heavy atom. The predicted octanol–water partition coefficient (Wildman–Crippen LogP) is 4.23. The number of aromatic nitrogens is 2. The molecule has 4 rings (SSSR count). The van der Waals surface area contributed by atoms with Crippen LogP contribution in [-0.4, -0.2) is 22.1 Å². The van der Waals surface area contributed by atoms with Gasteiger partial charge in [-0.25, -0.2) is 4.98 Å². The fraction of sp³-hybridized carbons (Fsp3) is 0.174. The number of rotatable bonds is 7. The summed E-state index contributed by atoms with van der Waals surface area (Å²) < 4.78 is 13.6. The minimum atomic E-state index is -0.418. The first-order valence-corrected chi connectivity index (χ1v) is 10.6. The maximum absolute atomic E-state index is 12.8. The second-order valence-electron chi connectivity index (χ2n) is 6.81. The van der Waals surface area contributed by atoms with Crippen molar-refractivity contribution in [2.24, 2.45) is 7.05 Å². The van der Waals surface area contributed by atoms with E-state index in [0.717, 1.165) is 21.5 Å². The van der Waals surface area contributed by atoms with Gasteiger partial charge in [0.1, 0.15) is 18.1 Å². The van der Waals surface area contributed by atoms with Crippen LogP contribution in [0.5, 0.6) is 11.5 Å². The fourth-order valence-corrected chi connectivity index (χ4v) is 3.94. The van der Waals surface area contributed by atoms with Crippen molar-refractivity contribution in [3.63, 3.8) is 0 Å². The maximum atomic E-state index is 12.8. The highest BCUT2D eigenvalue weighted by Gasteiger charge is 2.15. The molecule has 0 fully saturated rings. The van der Waals surface area contributed by atoms with Crippen molar-refractivity contribution in [1.29, 1.82) is 0 Å². The van der Waals surface area contributed by atoms with Crippen LogP contribution in [0.2, 0.25) is 0 Å². The van der Waals surface area contributed by atoms with Crippen LogP contribution in [0.15, 0.2) is 65.6 Å². The molecule has 1 amide bonds. The van der Waals surface area contributed by atoms with E-state index >= 15 is 0 Å². The number of hydrogen-bond acceptors (Lipinski definition) is 6. The van der Waals surface area contributed by atoms with Gasteiger partial charge in [-0.2, -0.15) is 0 Å². The van der Waals surface area contributed by atoms with E-state index in [4.69, 9.17) is 9.47 Å². The molecule has 2 aromatic heterocycles. The number of nitrogens with zero attached hydrogens (tertiary/aromatic N) is 2. The second-order valence-corrected chi connectivity index (χ2v) is 7.84. The van der Waals surface area contributed by atoms with Crippen LogP contribution in [0, 0.1) is 0 Å². The molecule has 0 saturated carbocycles. The molecule has 0 radical (unpaired) electrons. The van der Waals surface area contributed by atoms with Crippen molar-refractivity contribution in [2.75, 3.05) is 11.9 Å². The van der Waals surface area contributed by atoms with Crippen molar-refractivity contribution < 1.29 is 14.3 Å². The molecule has 0 saturated heterocycles. The van der Waals surface area contributed by atoms with Gasteiger partial charge in [-0.1, -0.05) is 41.7 Å². The van der Waals surface area contributed by atoms with Crippen LogP contribution in [0.25, 0.3) is 10.2 Å². The molecule has 7 nitrogen and oxygen atoms in total. The Hall–Kier alpha value is -3.65. The maximum Gasteiger partial charge on any atom is 0.274 e. The number of thiazole rings is 1. The molecule has 2 aromatic carbocycles. The smallest absolute Gasteiger partial charge is 0.274 e. The number of carbonyl (C=O) groups is 1. The molecule has 4 aromatic rings. The van der Waals surface area contributed by atoms with Gasteiger partial charge >= 0.3 is 0 Å². The SMILES string of the molecule is CCOc1ccc2nc(NC(=O)c3cc(=O)c(OCc4ccccc4)cn3C)sc2c1. The lowest BCUT2D eigenvalue weighted by Crippen LogP contribution is -2.21. The summed E-state index contributed by atoms with van der Waals surface area (Å²) in [6.07, 6.45) is 1.52. The topological polar surface area (TPSA) is 82.4 Å². The molecule has 2 heterocycles. The van der Waals surface area contributed by atoms with E-state index < -0.39 is 5.91 Å². The molecule has 0 aliphatic carbocycles. The minimum Gasteiger partial charge on any atom is -0.494 e. The summed E-state index contributed by atoms with van der Waals surface area (Å²) in [5.74, 6) is 0.523. The van der Waals surface area contributed by atoms with Gasteiger partial charge in [0.15, 0.2) is 10.9 Å². The zero-order valence-electron chi connectivity index (χ0n) is 17.1. The number of carbonyl (C=O) groups excluding carboxylic acids is 1. The third-order valence-corrected chi connectivity index (χ3v) is 5.50. The van der Waals surface area contributed by atoms with Gasteiger partial charge in [0.25, 0.3) is 5.91 Å². The number of fused-ring (bicyclic) bond motifs is 1. The zero-order valence-corrected chi connectivity index (χ0v) is 17.9. The van der Waals surface area contributed by atoms with E-state index in [2.05, 4.69) is 10.3 Å². The van der Waals surface area contributed by atoms with Gasteiger partial charge < -0.3 is 14.0 Å². The lowest BCUT2D eigenvalue weighted by molar-refractivity contribution is 0.101. The molecular formula is C23H21N3O4S. The predicted molar refractivity (Wildman–Crippen MR) is 121 cm³/mol. The summed E-state index contributed by atoms with van der Waals surface area (Å²) in [4.78, 5) is 29.7. The summed E-state index contributed by atoms with van der Waals surface area (Å²) in [5, 5.41) is 3.22. The van der Waals surface area contributed by atoms with Crippen LogP contribution in [0.1, 0.15) is 23.0 Å². The lowest BCUT2D eigenvalue weighted by atomic mass is 10.2. The number of ether oxygens (including phenoxy) is 2. The molecule has 1 N–H and O–H groups in total. The summed E-state index contributed by atoms with van der Waals surface area (Å²) in [7, 11) is 1.69. The number of anilines is 1. The van der Waals surface area contributed by atoms with Crippen LogP contribution in [0.3, 0.4) is 0 Å².